The van der Waals surface area contributed by atoms with Crippen molar-refractivity contribution in [1.29, 1.82) is 0 Å². The second-order valence-corrected chi connectivity index (χ2v) is 15.3. The van der Waals surface area contributed by atoms with Crippen molar-refractivity contribution in [3.05, 3.63) is 67.9 Å². The summed E-state index contributed by atoms with van der Waals surface area (Å²) < 4.78 is 95.8. The molecule has 1 fully saturated rings. The monoisotopic (exact) mass is 747 g/mol. The molecule has 0 aliphatic carbocycles. The fraction of sp³-hybridized carbons (Fsp3) is 0.345. The summed E-state index contributed by atoms with van der Waals surface area (Å²) in [5, 5.41) is 26.6. The summed E-state index contributed by atoms with van der Waals surface area (Å²) in [5.41, 5.74) is -2.74. The number of halogens is 5. The van der Waals surface area contributed by atoms with Gasteiger partial charge in [0.15, 0.2) is 12.0 Å². The molecule has 1 aliphatic heterocycles. The van der Waals surface area contributed by atoms with Crippen LogP contribution in [0.2, 0.25) is 5.02 Å². The lowest BCUT2D eigenvalue weighted by Gasteiger charge is -2.20. The Balaban J connectivity index is 1.58. The van der Waals surface area contributed by atoms with E-state index in [1.54, 1.807) is 20.8 Å². The van der Waals surface area contributed by atoms with Crippen LogP contribution in [0.5, 0.6) is 11.5 Å². The van der Waals surface area contributed by atoms with Gasteiger partial charge in [0.05, 0.1) is 26.8 Å². The van der Waals surface area contributed by atoms with Gasteiger partial charge in [0.2, 0.25) is 14.2 Å². The van der Waals surface area contributed by atoms with Crippen LogP contribution in [-0.2, 0) is 26.2 Å². The predicted molar refractivity (Wildman–Crippen MR) is 168 cm³/mol. The minimum Gasteiger partial charge on any atom is -0.465 e. The number of anilines is 1. The zero-order valence-electron chi connectivity index (χ0n) is 25.7. The SMILES string of the molecule is CC(C)(C)c1sc(S(=O)(=O)c2cc(Cl)c(Oc3ccc(C(F)(F)F)cc3-c3cn(C4CCCCO4)nc3[N+](=O)[O-])cc2F)nc1NC(=O)O. The number of benzene rings is 2. The van der Waals surface area contributed by atoms with E-state index in [1.165, 1.54) is 0 Å². The average Bonchev–Trinajstić information content (AvgIpc) is 3.64. The Kier molecular flexibility index (Phi) is 9.67. The summed E-state index contributed by atoms with van der Waals surface area (Å²) in [4.78, 5) is 25.6. The largest absolute Gasteiger partial charge is 0.465 e. The Labute approximate surface area is 284 Å². The van der Waals surface area contributed by atoms with E-state index in [0.29, 0.717) is 48.6 Å². The molecule has 0 radical (unpaired) electrons. The first-order chi connectivity index (χ1) is 22.8. The van der Waals surface area contributed by atoms with Gasteiger partial charge in [-0.25, -0.2) is 22.6 Å². The van der Waals surface area contributed by atoms with Crippen LogP contribution in [0.25, 0.3) is 11.1 Å². The number of ether oxygens (including phenoxy) is 2. The molecule has 0 spiro atoms. The number of hydrogen-bond acceptors (Lipinski definition) is 10. The van der Waals surface area contributed by atoms with Gasteiger partial charge in [-0.2, -0.15) is 17.9 Å². The van der Waals surface area contributed by atoms with Gasteiger partial charge >= 0.3 is 18.1 Å². The van der Waals surface area contributed by atoms with Crippen molar-refractivity contribution in [1.82, 2.24) is 14.8 Å². The molecular weight excluding hydrogens is 722 g/mol. The quantitative estimate of drug-likeness (QED) is 0.101. The third kappa shape index (κ3) is 7.48. The lowest BCUT2D eigenvalue weighted by molar-refractivity contribution is -0.389. The Hall–Kier alpha value is -4.33. The van der Waals surface area contributed by atoms with Crippen LogP contribution in [0.1, 0.15) is 56.7 Å². The summed E-state index contributed by atoms with van der Waals surface area (Å²) >= 11 is 6.95. The number of thiazole rings is 1. The highest BCUT2D eigenvalue weighted by atomic mass is 35.5. The summed E-state index contributed by atoms with van der Waals surface area (Å²) in [6.45, 7) is 5.41. The molecule has 1 atom stereocenters. The summed E-state index contributed by atoms with van der Waals surface area (Å²) in [7, 11) is -4.74. The maximum Gasteiger partial charge on any atom is 0.416 e. The van der Waals surface area contributed by atoms with Crippen molar-refractivity contribution >= 4 is 50.5 Å². The zero-order valence-corrected chi connectivity index (χ0v) is 28.1. The van der Waals surface area contributed by atoms with Gasteiger partial charge in [-0.05, 0) is 48.5 Å². The van der Waals surface area contributed by atoms with E-state index in [2.05, 4.69) is 10.1 Å². The number of alkyl halides is 3. The number of aromatic nitrogens is 3. The van der Waals surface area contributed by atoms with Gasteiger partial charge in [-0.3, -0.25) is 5.32 Å². The molecule has 1 amide bonds. The number of carbonyl (C=O) groups is 1. The topological polar surface area (TPSA) is 176 Å². The van der Waals surface area contributed by atoms with Crippen molar-refractivity contribution in [2.24, 2.45) is 0 Å². The zero-order chi connectivity index (χ0) is 36.1. The predicted octanol–water partition coefficient (Wildman–Crippen LogP) is 8.44. The molecule has 3 heterocycles. The normalized spacial score (nSPS) is 15.6. The fourth-order valence-electron chi connectivity index (χ4n) is 4.91. The van der Waals surface area contributed by atoms with E-state index in [4.69, 9.17) is 21.1 Å². The van der Waals surface area contributed by atoms with E-state index in [9.17, 15) is 41.6 Å². The van der Waals surface area contributed by atoms with Crippen LogP contribution < -0.4 is 10.1 Å². The number of rotatable bonds is 8. The van der Waals surface area contributed by atoms with Crippen LogP contribution in [0.4, 0.5) is 34.0 Å². The highest BCUT2D eigenvalue weighted by Gasteiger charge is 2.36. The van der Waals surface area contributed by atoms with Gasteiger partial charge in [-0.15, -0.1) is 11.3 Å². The molecule has 0 saturated carbocycles. The molecule has 2 N–H and O–H groups in total. The fourth-order valence-corrected chi connectivity index (χ4v) is 7.93. The third-order valence-corrected chi connectivity index (χ3v) is 11.1. The highest BCUT2D eigenvalue weighted by molar-refractivity contribution is 7.93. The first-order valence-corrected chi connectivity index (χ1v) is 16.9. The first-order valence-electron chi connectivity index (χ1n) is 14.3. The average molecular weight is 748 g/mol. The van der Waals surface area contributed by atoms with Crippen LogP contribution in [0.3, 0.4) is 0 Å². The molecule has 4 aromatic rings. The van der Waals surface area contributed by atoms with Crippen molar-refractivity contribution < 1.29 is 50.3 Å². The highest BCUT2D eigenvalue weighted by Crippen LogP contribution is 2.45. The lowest BCUT2D eigenvalue weighted by Crippen LogP contribution is -2.18. The number of hydrogen-bond donors (Lipinski definition) is 2. The molecule has 1 unspecified atom stereocenters. The van der Waals surface area contributed by atoms with E-state index >= 15 is 4.39 Å². The minimum absolute atomic E-state index is 0.252. The summed E-state index contributed by atoms with van der Waals surface area (Å²) in [5.74, 6) is -3.39. The second kappa shape index (κ2) is 13.2. The molecule has 20 heteroatoms. The van der Waals surface area contributed by atoms with Gasteiger partial charge in [0, 0.05) is 23.7 Å². The Morgan fingerprint density at radius 3 is 2.49 bits per heavy atom. The third-order valence-electron chi connectivity index (χ3n) is 7.17. The van der Waals surface area contributed by atoms with Crippen molar-refractivity contribution in [2.75, 3.05) is 11.9 Å². The number of nitrogens with zero attached hydrogens (tertiary/aromatic N) is 4. The van der Waals surface area contributed by atoms with E-state index in [-0.39, 0.29) is 16.3 Å². The van der Waals surface area contributed by atoms with Crippen molar-refractivity contribution in [3.63, 3.8) is 0 Å². The molecule has 2 aromatic carbocycles. The summed E-state index contributed by atoms with van der Waals surface area (Å²) in [6.07, 6.45) is -4.00. The van der Waals surface area contributed by atoms with E-state index in [0.717, 1.165) is 29.8 Å². The minimum atomic E-state index is -4.87. The van der Waals surface area contributed by atoms with Crippen molar-refractivity contribution in [2.45, 2.75) is 67.1 Å². The number of sulfone groups is 1. The van der Waals surface area contributed by atoms with E-state index in [1.807, 2.05) is 5.32 Å². The first kappa shape index (κ1) is 36.0. The van der Waals surface area contributed by atoms with Gasteiger partial charge in [0.1, 0.15) is 27.8 Å². The smallest absolute Gasteiger partial charge is 0.416 e. The second-order valence-electron chi connectivity index (χ2n) is 11.8. The molecular formula is C29H26ClF4N5O8S2. The maximum atomic E-state index is 15.6. The van der Waals surface area contributed by atoms with Crippen molar-refractivity contribution in [3.8, 4) is 22.6 Å². The van der Waals surface area contributed by atoms with Crippen LogP contribution in [0, 0.1) is 15.9 Å². The van der Waals surface area contributed by atoms with Crippen LogP contribution in [-0.4, -0.2) is 45.9 Å². The molecule has 2 aromatic heterocycles. The Morgan fingerprint density at radius 2 is 1.90 bits per heavy atom. The van der Waals surface area contributed by atoms with E-state index < -0.39 is 87.2 Å². The van der Waals surface area contributed by atoms with Gasteiger partial charge in [0.25, 0.3) is 0 Å². The van der Waals surface area contributed by atoms with Crippen LogP contribution in [0.15, 0.2) is 45.8 Å². The summed E-state index contributed by atoms with van der Waals surface area (Å²) in [6, 6.07) is 3.39. The van der Waals surface area contributed by atoms with Crippen LogP contribution >= 0.6 is 22.9 Å². The lowest BCUT2D eigenvalue weighted by atomic mass is 9.95. The molecule has 262 valence electrons. The Morgan fingerprint density at radius 1 is 1.18 bits per heavy atom. The van der Waals surface area contributed by atoms with Gasteiger partial charge in [-0.1, -0.05) is 32.4 Å². The molecule has 0 bridgehead atoms. The molecule has 1 saturated heterocycles. The number of nitrogens with one attached hydrogen (secondary N) is 1. The number of carboxylic acid groups (broad SMARTS) is 1. The number of amides is 1. The van der Waals surface area contributed by atoms with Gasteiger partial charge < -0.3 is 24.7 Å². The molecule has 13 nitrogen and oxygen atoms in total. The molecule has 1 aliphatic rings. The maximum absolute atomic E-state index is 15.6. The molecule has 5 rings (SSSR count). The Bertz CT molecular complexity index is 2060. The molecule has 49 heavy (non-hydrogen) atoms. The standard InChI is InChI=1S/C29H26ClF4N5O8S2/c1-28(2,3)23-24(35-26(40)41)36-27(48-23)49(44,45)21-11-17(30)20(12-18(21)31)47-19-8-7-14(29(32,33)34)10-15(19)16-13-38(37-25(16)39(42)43)22-6-4-5-9-46-22/h7-8,10-13,22,35H,4-6,9H2,1-3H3,(H,40,41). The number of nitro groups is 1.